The molecule has 0 aliphatic heterocycles. The van der Waals surface area contributed by atoms with E-state index in [0.717, 1.165) is 5.56 Å². The molecule has 1 aromatic rings. The maximum Gasteiger partial charge on any atom is 0.307 e. The van der Waals surface area contributed by atoms with Crippen LogP contribution in [0.1, 0.15) is 25.3 Å². The largest absolute Gasteiger partial charge is 0.481 e. The minimum atomic E-state index is -0.914. The van der Waals surface area contributed by atoms with Gasteiger partial charge in [-0.05, 0) is 37.3 Å². The summed E-state index contributed by atoms with van der Waals surface area (Å²) in [6.45, 7) is 3.81. The van der Waals surface area contributed by atoms with E-state index < -0.39 is 17.8 Å². The van der Waals surface area contributed by atoms with Crippen molar-refractivity contribution in [2.24, 2.45) is 17.8 Å². The summed E-state index contributed by atoms with van der Waals surface area (Å²) in [5.41, 5.74) is 1.31. The molecule has 0 saturated heterocycles. The van der Waals surface area contributed by atoms with Crippen LogP contribution in [-0.2, 0) is 9.59 Å². The number of carbonyl (C=O) groups is 2. The molecule has 1 aliphatic rings. The van der Waals surface area contributed by atoms with Gasteiger partial charge < -0.3 is 10.4 Å². The summed E-state index contributed by atoms with van der Waals surface area (Å²) < 4.78 is 0. The van der Waals surface area contributed by atoms with Gasteiger partial charge in [-0.2, -0.15) is 0 Å². The molecule has 1 amide bonds. The van der Waals surface area contributed by atoms with Crippen LogP contribution in [-0.4, -0.2) is 22.0 Å². The second-order valence-electron chi connectivity index (χ2n) is 5.47. The third-order valence-electron chi connectivity index (χ3n) is 3.69. The van der Waals surface area contributed by atoms with Crippen LogP contribution >= 0.6 is 11.6 Å². The van der Waals surface area contributed by atoms with E-state index in [1.54, 1.807) is 12.3 Å². The fourth-order valence-electron chi connectivity index (χ4n) is 2.72. The number of carboxylic acids is 1. The molecule has 1 aromatic heterocycles. The van der Waals surface area contributed by atoms with Crippen molar-refractivity contribution in [2.45, 2.75) is 26.7 Å². The van der Waals surface area contributed by atoms with E-state index in [9.17, 15) is 14.7 Å². The molecule has 2 N–H and O–H groups in total. The third kappa shape index (κ3) is 3.10. The van der Waals surface area contributed by atoms with E-state index in [2.05, 4.69) is 10.3 Å². The fraction of sp³-hybridized carbons (Fsp3) is 0.500. The van der Waals surface area contributed by atoms with Gasteiger partial charge in [0, 0.05) is 6.20 Å². The first-order chi connectivity index (χ1) is 9.38. The number of carboxylic acid groups (broad SMARTS) is 1. The molecular formula is C14H17ClN2O3. The zero-order chi connectivity index (χ0) is 14.9. The Hall–Kier alpha value is -1.62. The lowest BCUT2D eigenvalue weighted by Gasteiger charge is -2.16. The summed E-state index contributed by atoms with van der Waals surface area (Å²) in [7, 11) is 0. The number of hydrogen-bond acceptors (Lipinski definition) is 3. The van der Waals surface area contributed by atoms with Crippen LogP contribution in [0.2, 0.25) is 5.15 Å². The monoisotopic (exact) mass is 296 g/mol. The molecule has 6 heteroatoms. The molecule has 108 valence electrons. The summed E-state index contributed by atoms with van der Waals surface area (Å²) in [6, 6.07) is 1.72. The van der Waals surface area contributed by atoms with Crippen LogP contribution in [0.3, 0.4) is 0 Å². The van der Waals surface area contributed by atoms with E-state index in [1.807, 2.05) is 13.8 Å². The minimum absolute atomic E-state index is 0.210. The van der Waals surface area contributed by atoms with Crippen LogP contribution in [0, 0.1) is 24.7 Å². The quantitative estimate of drug-likeness (QED) is 0.841. The second kappa shape index (κ2) is 5.79. The molecule has 3 atom stereocenters. The number of amides is 1. The zero-order valence-corrected chi connectivity index (χ0v) is 12.1. The van der Waals surface area contributed by atoms with Gasteiger partial charge in [-0.1, -0.05) is 18.5 Å². The molecule has 0 bridgehead atoms. The van der Waals surface area contributed by atoms with Gasteiger partial charge in [0.1, 0.15) is 0 Å². The molecule has 1 unspecified atom stereocenters. The van der Waals surface area contributed by atoms with E-state index in [1.165, 1.54) is 0 Å². The number of halogens is 1. The number of nitrogens with one attached hydrogen (secondary N) is 1. The van der Waals surface area contributed by atoms with Crippen molar-refractivity contribution in [3.63, 3.8) is 0 Å². The van der Waals surface area contributed by atoms with Crippen LogP contribution in [0.15, 0.2) is 12.3 Å². The molecule has 5 nitrogen and oxygen atoms in total. The van der Waals surface area contributed by atoms with Gasteiger partial charge in [0.05, 0.1) is 17.5 Å². The smallest absolute Gasteiger partial charge is 0.307 e. The Labute approximate surface area is 122 Å². The number of aromatic nitrogens is 1. The lowest BCUT2D eigenvalue weighted by molar-refractivity contribution is -0.145. The number of anilines is 1. The predicted molar refractivity (Wildman–Crippen MR) is 75.6 cm³/mol. The summed E-state index contributed by atoms with van der Waals surface area (Å²) >= 11 is 5.93. The molecule has 1 heterocycles. The molecule has 20 heavy (non-hydrogen) atoms. The molecule has 1 aliphatic carbocycles. The Kier molecular flexibility index (Phi) is 4.28. The standard InChI is InChI=1S/C14H17ClN2O3/c1-7-3-9(10(4-7)14(19)20)13(18)17-11-5-8(2)6-16-12(11)15/h5-7,9-10H,3-4H2,1-2H3,(H,17,18)(H,19,20)/t7?,9-,10+/m0/s1. The second-order valence-corrected chi connectivity index (χ2v) is 5.83. The summed E-state index contributed by atoms with van der Waals surface area (Å²) in [6.07, 6.45) is 2.72. The Bertz CT molecular complexity index is 547. The number of hydrogen-bond donors (Lipinski definition) is 2. The van der Waals surface area contributed by atoms with Gasteiger partial charge in [0.15, 0.2) is 5.15 Å². The number of carbonyl (C=O) groups excluding carboxylic acids is 1. The topological polar surface area (TPSA) is 79.3 Å². The molecule has 0 radical (unpaired) electrons. The van der Waals surface area contributed by atoms with E-state index in [4.69, 9.17) is 11.6 Å². The summed E-state index contributed by atoms with van der Waals surface area (Å²) in [5, 5.41) is 12.1. The maximum absolute atomic E-state index is 12.3. The van der Waals surface area contributed by atoms with Crippen LogP contribution in [0.5, 0.6) is 0 Å². The van der Waals surface area contributed by atoms with Crippen LogP contribution < -0.4 is 5.32 Å². The van der Waals surface area contributed by atoms with Gasteiger partial charge in [-0.25, -0.2) is 4.98 Å². The molecule has 1 fully saturated rings. The normalized spacial score (nSPS) is 25.4. The lowest BCUT2D eigenvalue weighted by atomic mass is 9.95. The SMILES string of the molecule is Cc1cnc(Cl)c(NC(=O)[C@H]2CC(C)C[C@H]2C(=O)O)c1. The number of pyridine rings is 1. The summed E-state index contributed by atoms with van der Waals surface area (Å²) in [4.78, 5) is 27.5. The first-order valence-corrected chi connectivity index (χ1v) is 6.92. The van der Waals surface area contributed by atoms with Gasteiger partial charge in [-0.15, -0.1) is 0 Å². The summed E-state index contributed by atoms with van der Waals surface area (Å²) in [5.74, 6) is -2.11. The van der Waals surface area contributed by atoms with Crippen molar-refractivity contribution in [2.75, 3.05) is 5.32 Å². The highest BCUT2D eigenvalue weighted by Crippen LogP contribution is 2.37. The van der Waals surface area contributed by atoms with Crippen molar-refractivity contribution >= 4 is 29.2 Å². The average molecular weight is 297 g/mol. The zero-order valence-electron chi connectivity index (χ0n) is 11.4. The fourth-order valence-corrected chi connectivity index (χ4v) is 2.87. The van der Waals surface area contributed by atoms with E-state index in [0.29, 0.717) is 18.5 Å². The van der Waals surface area contributed by atoms with Crippen LogP contribution in [0.4, 0.5) is 5.69 Å². The van der Waals surface area contributed by atoms with E-state index in [-0.39, 0.29) is 17.0 Å². The molecule has 0 aromatic carbocycles. The van der Waals surface area contributed by atoms with Crippen molar-refractivity contribution < 1.29 is 14.7 Å². The molecule has 0 spiro atoms. The van der Waals surface area contributed by atoms with Crippen molar-refractivity contribution in [1.82, 2.24) is 4.98 Å². The van der Waals surface area contributed by atoms with Gasteiger partial charge in [0.25, 0.3) is 0 Å². The predicted octanol–water partition coefficient (Wildman–Crippen LogP) is 2.73. The Morgan fingerprint density at radius 2 is 2.05 bits per heavy atom. The molecule has 1 saturated carbocycles. The third-order valence-corrected chi connectivity index (χ3v) is 3.99. The highest BCUT2D eigenvalue weighted by atomic mass is 35.5. The Morgan fingerprint density at radius 3 is 2.70 bits per heavy atom. The van der Waals surface area contributed by atoms with Crippen molar-refractivity contribution in [3.8, 4) is 0 Å². The number of aryl methyl sites for hydroxylation is 1. The maximum atomic E-state index is 12.3. The first kappa shape index (κ1) is 14.8. The van der Waals surface area contributed by atoms with Gasteiger partial charge in [-0.3, -0.25) is 9.59 Å². The van der Waals surface area contributed by atoms with Crippen molar-refractivity contribution in [1.29, 1.82) is 0 Å². The Morgan fingerprint density at radius 1 is 1.40 bits per heavy atom. The van der Waals surface area contributed by atoms with E-state index >= 15 is 0 Å². The number of nitrogens with zero attached hydrogens (tertiary/aromatic N) is 1. The van der Waals surface area contributed by atoms with Gasteiger partial charge >= 0.3 is 5.97 Å². The van der Waals surface area contributed by atoms with Crippen molar-refractivity contribution in [3.05, 3.63) is 23.0 Å². The minimum Gasteiger partial charge on any atom is -0.481 e. The Balaban J connectivity index is 2.15. The molecular weight excluding hydrogens is 280 g/mol. The lowest BCUT2D eigenvalue weighted by Crippen LogP contribution is -2.30. The van der Waals surface area contributed by atoms with Crippen LogP contribution in [0.25, 0.3) is 0 Å². The highest BCUT2D eigenvalue weighted by molar-refractivity contribution is 6.32. The number of aliphatic carboxylic acids is 1. The first-order valence-electron chi connectivity index (χ1n) is 6.54. The highest BCUT2D eigenvalue weighted by Gasteiger charge is 2.41. The van der Waals surface area contributed by atoms with Gasteiger partial charge in [0.2, 0.25) is 5.91 Å². The number of rotatable bonds is 3. The average Bonchev–Trinajstić information content (AvgIpc) is 2.76. The molecule has 2 rings (SSSR count).